The number of aromatic nitrogens is 1. The lowest BCUT2D eigenvalue weighted by molar-refractivity contribution is 0.405. The molecule has 126 valence electrons. The molecule has 0 unspecified atom stereocenters. The van der Waals surface area contributed by atoms with Gasteiger partial charge in [0.15, 0.2) is 5.96 Å². The van der Waals surface area contributed by atoms with Crippen molar-refractivity contribution in [2.24, 2.45) is 10.7 Å². The summed E-state index contributed by atoms with van der Waals surface area (Å²) in [5.74, 6) is 1.70. The minimum atomic E-state index is 0. The summed E-state index contributed by atoms with van der Waals surface area (Å²) in [7, 11) is 3.21. The van der Waals surface area contributed by atoms with Gasteiger partial charge < -0.3 is 20.5 Å². The zero-order valence-corrected chi connectivity index (χ0v) is 16.7. The third-order valence-electron chi connectivity index (χ3n) is 3.06. The molecule has 2 aromatic rings. The summed E-state index contributed by atoms with van der Waals surface area (Å²) in [5, 5.41) is 4.07. The van der Waals surface area contributed by atoms with E-state index in [1.807, 2.05) is 32.0 Å². The van der Waals surface area contributed by atoms with Crippen LogP contribution in [-0.4, -0.2) is 25.2 Å². The number of rotatable bonds is 5. The molecule has 0 aliphatic carbocycles. The van der Waals surface area contributed by atoms with E-state index < -0.39 is 0 Å². The predicted octanol–water partition coefficient (Wildman–Crippen LogP) is 3.32. The topological polar surface area (TPSA) is 81.8 Å². The number of nitrogens with one attached hydrogen (secondary N) is 1. The molecular formula is C15H21IN4O2S. The minimum Gasteiger partial charge on any atom is -0.497 e. The molecule has 0 bridgehead atoms. The van der Waals surface area contributed by atoms with Gasteiger partial charge in [-0.15, -0.1) is 35.3 Å². The Kier molecular flexibility index (Phi) is 7.56. The molecule has 8 heteroatoms. The lowest BCUT2D eigenvalue weighted by atomic mass is 10.2. The predicted molar refractivity (Wildman–Crippen MR) is 105 cm³/mol. The van der Waals surface area contributed by atoms with Gasteiger partial charge in [-0.1, -0.05) is 0 Å². The van der Waals surface area contributed by atoms with Gasteiger partial charge in [-0.05, 0) is 26.0 Å². The van der Waals surface area contributed by atoms with Crippen molar-refractivity contribution in [3.8, 4) is 11.5 Å². The Balaban J connectivity index is 0.00000264. The molecular weight excluding hydrogens is 427 g/mol. The Morgan fingerprint density at radius 3 is 2.61 bits per heavy atom. The number of benzene rings is 1. The van der Waals surface area contributed by atoms with Gasteiger partial charge in [-0.25, -0.2) is 9.98 Å². The number of halogens is 1. The highest BCUT2D eigenvalue weighted by Gasteiger charge is 2.07. The Bertz CT molecular complexity index is 688. The molecule has 0 aliphatic heterocycles. The highest BCUT2D eigenvalue weighted by atomic mass is 127. The van der Waals surface area contributed by atoms with E-state index in [1.165, 1.54) is 0 Å². The summed E-state index contributed by atoms with van der Waals surface area (Å²) in [6.07, 6.45) is 0. The molecule has 1 heterocycles. The van der Waals surface area contributed by atoms with Crippen molar-refractivity contribution in [2.75, 3.05) is 19.5 Å². The number of ether oxygens (including phenoxy) is 2. The van der Waals surface area contributed by atoms with Crippen LogP contribution >= 0.6 is 35.3 Å². The lowest BCUT2D eigenvalue weighted by Gasteiger charge is -2.12. The summed E-state index contributed by atoms with van der Waals surface area (Å²) < 4.78 is 10.5. The number of nitrogens with two attached hydrogens (primary N) is 1. The summed E-state index contributed by atoms with van der Waals surface area (Å²) in [5.41, 5.74) is 7.66. The van der Waals surface area contributed by atoms with Gasteiger partial charge in [0.2, 0.25) is 0 Å². The SMILES string of the molecule is COc1ccc(OC)c(NC(N)=NCc2sc(C)nc2C)c1.I. The van der Waals surface area contributed by atoms with Crippen LogP contribution in [0.25, 0.3) is 0 Å². The van der Waals surface area contributed by atoms with Crippen LogP contribution in [0, 0.1) is 13.8 Å². The van der Waals surface area contributed by atoms with Gasteiger partial charge in [0.25, 0.3) is 0 Å². The Hall–Kier alpha value is -1.55. The van der Waals surface area contributed by atoms with Crippen molar-refractivity contribution in [1.29, 1.82) is 0 Å². The molecule has 3 N–H and O–H groups in total. The van der Waals surface area contributed by atoms with Gasteiger partial charge in [0, 0.05) is 10.9 Å². The van der Waals surface area contributed by atoms with E-state index in [-0.39, 0.29) is 24.0 Å². The van der Waals surface area contributed by atoms with Crippen LogP contribution in [0.2, 0.25) is 0 Å². The van der Waals surface area contributed by atoms with Crippen molar-refractivity contribution in [2.45, 2.75) is 20.4 Å². The first-order valence-corrected chi connectivity index (χ1v) is 7.57. The fourth-order valence-electron chi connectivity index (χ4n) is 1.97. The summed E-state index contributed by atoms with van der Waals surface area (Å²) in [4.78, 5) is 9.84. The molecule has 0 aliphatic rings. The average Bonchev–Trinajstić information content (AvgIpc) is 2.83. The molecule has 0 amide bonds. The summed E-state index contributed by atoms with van der Waals surface area (Å²) in [6.45, 7) is 4.46. The van der Waals surface area contributed by atoms with Crippen molar-refractivity contribution in [3.05, 3.63) is 33.8 Å². The summed E-state index contributed by atoms with van der Waals surface area (Å²) >= 11 is 1.63. The molecule has 0 radical (unpaired) electrons. The number of hydrogen-bond acceptors (Lipinski definition) is 5. The van der Waals surface area contributed by atoms with Crippen LogP contribution in [0.3, 0.4) is 0 Å². The minimum absolute atomic E-state index is 0. The Labute approximate surface area is 157 Å². The first-order chi connectivity index (χ1) is 10.5. The van der Waals surface area contributed by atoms with Gasteiger partial charge in [0.05, 0.1) is 37.2 Å². The summed E-state index contributed by atoms with van der Waals surface area (Å²) in [6, 6.07) is 5.44. The molecule has 6 nitrogen and oxygen atoms in total. The number of methoxy groups -OCH3 is 2. The van der Waals surface area contributed by atoms with E-state index in [0.29, 0.717) is 29.7 Å². The normalized spacial score (nSPS) is 10.9. The molecule has 23 heavy (non-hydrogen) atoms. The quantitative estimate of drug-likeness (QED) is 0.417. The largest absolute Gasteiger partial charge is 0.497 e. The number of hydrogen-bond donors (Lipinski definition) is 2. The molecule has 2 rings (SSSR count). The molecule has 0 atom stereocenters. The second kappa shape index (κ2) is 8.92. The number of thiazole rings is 1. The third-order valence-corrected chi connectivity index (χ3v) is 4.12. The van der Waals surface area contributed by atoms with E-state index in [4.69, 9.17) is 15.2 Å². The van der Waals surface area contributed by atoms with Crippen LogP contribution in [0.15, 0.2) is 23.2 Å². The Morgan fingerprint density at radius 1 is 1.30 bits per heavy atom. The van der Waals surface area contributed by atoms with Crippen LogP contribution in [0.1, 0.15) is 15.6 Å². The number of aliphatic imine (C=N–C) groups is 1. The van der Waals surface area contributed by atoms with E-state index in [9.17, 15) is 0 Å². The average molecular weight is 448 g/mol. The molecule has 0 spiro atoms. The zero-order chi connectivity index (χ0) is 16.1. The maximum absolute atomic E-state index is 5.95. The fraction of sp³-hybridized carbons (Fsp3) is 0.333. The maximum Gasteiger partial charge on any atom is 0.193 e. The van der Waals surface area contributed by atoms with E-state index >= 15 is 0 Å². The van der Waals surface area contributed by atoms with Crippen LogP contribution < -0.4 is 20.5 Å². The Morgan fingerprint density at radius 2 is 2.04 bits per heavy atom. The van der Waals surface area contributed by atoms with Crippen molar-refractivity contribution in [3.63, 3.8) is 0 Å². The zero-order valence-electron chi connectivity index (χ0n) is 13.5. The monoisotopic (exact) mass is 448 g/mol. The second-order valence-corrected chi connectivity index (χ2v) is 5.92. The highest BCUT2D eigenvalue weighted by molar-refractivity contribution is 14.0. The van der Waals surface area contributed by atoms with Gasteiger partial charge in [-0.2, -0.15) is 0 Å². The fourth-order valence-corrected chi connectivity index (χ4v) is 2.83. The van der Waals surface area contributed by atoms with E-state index in [1.54, 1.807) is 25.6 Å². The second-order valence-electron chi connectivity index (χ2n) is 4.63. The molecule has 0 fully saturated rings. The molecule has 0 saturated heterocycles. The highest BCUT2D eigenvalue weighted by Crippen LogP contribution is 2.28. The van der Waals surface area contributed by atoms with Crippen molar-refractivity contribution in [1.82, 2.24) is 4.98 Å². The van der Waals surface area contributed by atoms with E-state index in [0.717, 1.165) is 15.6 Å². The van der Waals surface area contributed by atoms with Gasteiger partial charge in [0.1, 0.15) is 11.5 Å². The maximum atomic E-state index is 5.95. The third kappa shape index (κ3) is 5.24. The van der Waals surface area contributed by atoms with Crippen molar-refractivity contribution < 1.29 is 9.47 Å². The first kappa shape index (κ1) is 19.5. The molecule has 1 aromatic heterocycles. The van der Waals surface area contributed by atoms with Crippen LogP contribution in [-0.2, 0) is 6.54 Å². The number of anilines is 1. The lowest BCUT2D eigenvalue weighted by Crippen LogP contribution is -2.23. The van der Waals surface area contributed by atoms with Gasteiger partial charge >= 0.3 is 0 Å². The number of aryl methyl sites for hydroxylation is 2. The standard InChI is InChI=1S/C15H20N4O2S.HI/c1-9-14(22-10(2)18-9)8-17-15(16)19-12-7-11(20-3)5-6-13(12)21-4;/h5-7H,8H2,1-4H3,(H3,16,17,19);1H. The number of guanidine groups is 1. The van der Waals surface area contributed by atoms with Gasteiger partial charge in [-0.3, -0.25) is 0 Å². The van der Waals surface area contributed by atoms with Crippen LogP contribution in [0.4, 0.5) is 5.69 Å². The van der Waals surface area contributed by atoms with Crippen molar-refractivity contribution >= 4 is 47.0 Å². The molecule has 0 saturated carbocycles. The number of nitrogens with zero attached hydrogens (tertiary/aromatic N) is 2. The van der Waals surface area contributed by atoms with E-state index in [2.05, 4.69) is 15.3 Å². The molecule has 1 aromatic carbocycles. The van der Waals surface area contributed by atoms with Crippen LogP contribution in [0.5, 0.6) is 11.5 Å². The first-order valence-electron chi connectivity index (χ1n) is 6.75. The smallest absolute Gasteiger partial charge is 0.193 e.